The van der Waals surface area contributed by atoms with Crippen molar-refractivity contribution in [2.45, 2.75) is 18.4 Å². The van der Waals surface area contributed by atoms with Crippen LogP contribution >= 0.6 is 0 Å². The quantitative estimate of drug-likeness (QED) is 0.759. The molecule has 0 fully saturated rings. The Hall–Kier alpha value is -1.07. The number of hydrogen-bond donors (Lipinski definition) is 2. The molecular formula is C9H12O4S. The Balaban J connectivity index is 3.51. The SMILES string of the molecule is Cc1cc(S(C)(=O)=O)c(CO)cc1O. The van der Waals surface area contributed by atoms with Gasteiger partial charge in [-0.05, 0) is 30.2 Å². The highest BCUT2D eigenvalue weighted by molar-refractivity contribution is 7.90. The highest BCUT2D eigenvalue weighted by Crippen LogP contribution is 2.25. The van der Waals surface area contributed by atoms with Crippen LogP contribution in [0.3, 0.4) is 0 Å². The van der Waals surface area contributed by atoms with Gasteiger partial charge in [0.1, 0.15) is 5.75 Å². The highest BCUT2D eigenvalue weighted by atomic mass is 32.2. The van der Waals surface area contributed by atoms with Crippen LogP contribution in [-0.2, 0) is 16.4 Å². The summed E-state index contributed by atoms with van der Waals surface area (Å²) in [5.41, 5.74) is 0.693. The van der Waals surface area contributed by atoms with Crippen molar-refractivity contribution in [1.29, 1.82) is 0 Å². The van der Waals surface area contributed by atoms with Gasteiger partial charge in [0.05, 0.1) is 11.5 Å². The average molecular weight is 216 g/mol. The molecule has 0 radical (unpaired) electrons. The van der Waals surface area contributed by atoms with Gasteiger partial charge < -0.3 is 10.2 Å². The van der Waals surface area contributed by atoms with Crippen molar-refractivity contribution in [1.82, 2.24) is 0 Å². The number of aromatic hydroxyl groups is 1. The van der Waals surface area contributed by atoms with Gasteiger partial charge in [0.15, 0.2) is 9.84 Å². The molecule has 1 aromatic rings. The van der Waals surface area contributed by atoms with E-state index in [-0.39, 0.29) is 16.2 Å². The average Bonchev–Trinajstić information content (AvgIpc) is 2.07. The fourth-order valence-corrected chi connectivity index (χ4v) is 2.17. The molecule has 0 aliphatic heterocycles. The Kier molecular flexibility index (Phi) is 2.82. The van der Waals surface area contributed by atoms with Crippen LogP contribution in [-0.4, -0.2) is 24.9 Å². The molecule has 0 aromatic heterocycles. The van der Waals surface area contributed by atoms with Gasteiger partial charge in [-0.2, -0.15) is 0 Å². The maximum atomic E-state index is 11.3. The molecule has 78 valence electrons. The predicted molar refractivity (Wildman–Crippen MR) is 51.9 cm³/mol. The van der Waals surface area contributed by atoms with Crippen molar-refractivity contribution in [2.75, 3.05) is 6.26 Å². The van der Waals surface area contributed by atoms with E-state index in [1.807, 2.05) is 0 Å². The number of aryl methyl sites for hydroxylation is 1. The summed E-state index contributed by atoms with van der Waals surface area (Å²) in [4.78, 5) is 0.0651. The Morgan fingerprint density at radius 2 is 1.93 bits per heavy atom. The van der Waals surface area contributed by atoms with Gasteiger partial charge in [-0.25, -0.2) is 8.42 Å². The summed E-state index contributed by atoms with van der Waals surface area (Å²) in [6, 6.07) is 2.63. The minimum atomic E-state index is -3.36. The van der Waals surface area contributed by atoms with Gasteiger partial charge in [-0.15, -0.1) is 0 Å². The van der Waals surface area contributed by atoms with E-state index in [0.29, 0.717) is 5.56 Å². The topological polar surface area (TPSA) is 74.6 Å². The summed E-state index contributed by atoms with van der Waals surface area (Å²) >= 11 is 0. The Labute approximate surface area is 82.7 Å². The summed E-state index contributed by atoms with van der Waals surface area (Å²) in [5.74, 6) is -0.0125. The molecule has 0 bridgehead atoms. The fourth-order valence-electron chi connectivity index (χ4n) is 1.18. The Morgan fingerprint density at radius 1 is 1.36 bits per heavy atom. The first-order valence-corrected chi connectivity index (χ1v) is 5.89. The van der Waals surface area contributed by atoms with Crippen LogP contribution in [0.5, 0.6) is 5.75 Å². The molecule has 0 saturated heterocycles. The summed E-state index contributed by atoms with van der Waals surface area (Å²) in [5, 5.41) is 18.2. The molecule has 4 nitrogen and oxygen atoms in total. The molecular weight excluding hydrogens is 204 g/mol. The van der Waals surface area contributed by atoms with Gasteiger partial charge in [-0.1, -0.05) is 0 Å². The number of phenols is 1. The zero-order chi connectivity index (χ0) is 10.9. The van der Waals surface area contributed by atoms with Crippen molar-refractivity contribution in [3.05, 3.63) is 23.3 Å². The molecule has 5 heteroatoms. The minimum Gasteiger partial charge on any atom is -0.508 e. The third-order valence-corrected chi connectivity index (χ3v) is 3.13. The largest absolute Gasteiger partial charge is 0.508 e. The number of aliphatic hydroxyl groups is 1. The second kappa shape index (κ2) is 3.59. The number of aliphatic hydroxyl groups excluding tert-OH is 1. The standard InChI is InChI=1S/C9H12O4S/c1-6-3-9(14(2,12)13)7(5-10)4-8(6)11/h3-4,10-11H,5H2,1-2H3. The molecule has 0 unspecified atom stereocenters. The van der Waals surface area contributed by atoms with Gasteiger partial charge >= 0.3 is 0 Å². The Morgan fingerprint density at radius 3 is 2.36 bits per heavy atom. The lowest BCUT2D eigenvalue weighted by Crippen LogP contribution is -2.03. The monoisotopic (exact) mass is 216 g/mol. The third kappa shape index (κ3) is 2.05. The maximum Gasteiger partial charge on any atom is 0.175 e. The summed E-state index contributed by atoms with van der Waals surface area (Å²) in [6.07, 6.45) is 1.07. The second-order valence-electron chi connectivity index (χ2n) is 3.18. The van der Waals surface area contributed by atoms with Crippen LogP contribution in [0.4, 0.5) is 0 Å². The van der Waals surface area contributed by atoms with Crippen molar-refractivity contribution >= 4 is 9.84 Å². The molecule has 0 saturated carbocycles. The first-order chi connectivity index (χ1) is 6.36. The summed E-state index contributed by atoms with van der Waals surface area (Å²) in [7, 11) is -3.36. The van der Waals surface area contributed by atoms with E-state index in [9.17, 15) is 13.5 Å². The first-order valence-electron chi connectivity index (χ1n) is 3.99. The molecule has 0 aliphatic rings. The van der Waals surface area contributed by atoms with Gasteiger partial charge in [0.2, 0.25) is 0 Å². The predicted octanol–water partition coefficient (Wildman–Crippen LogP) is 0.596. The maximum absolute atomic E-state index is 11.3. The number of hydrogen-bond acceptors (Lipinski definition) is 4. The number of sulfone groups is 1. The van der Waals surface area contributed by atoms with Crippen LogP contribution in [0.2, 0.25) is 0 Å². The summed E-state index contributed by atoms with van der Waals surface area (Å²) < 4.78 is 22.6. The van der Waals surface area contributed by atoms with Crippen LogP contribution in [0.15, 0.2) is 17.0 Å². The molecule has 0 heterocycles. The lowest BCUT2D eigenvalue weighted by molar-refractivity contribution is 0.277. The van der Waals surface area contributed by atoms with Crippen molar-refractivity contribution in [3.8, 4) is 5.75 Å². The van der Waals surface area contributed by atoms with Crippen LogP contribution in [0, 0.1) is 6.92 Å². The van der Waals surface area contributed by atoms with Crippen LogP contribution < -0.4 is 0 Å². The molecule has 2 N–H and O–H groups in total. The molecule has 0 spiro atoms. The van der Waals surface area contributed by atoms with E-state index in [2.05, 4.69) is 0 Å². The van der Waals surface area contributed by atoms with Crippen molar-refractivity contribution in [3.63, 3.8) is 0 Å². The van der Waals surface area contributed by atoms with Crippen molar-refractivity contribution < 1.29 is 18.6 Å². The van der Waals surface area contributed by atoms with Crippen LogP contribution in [0.25, 0.3) is 0 Å². The fraction of sp³-hybridized carbons (Fsp3) is 0.333. The molecule has 0 amide bonds. The molecule has 0 atom stereocenters. The van der Waals surface area contributed by atoms with Gasteiger partial charge in [0.25, 0.3) is 0 Å². The van der Waals surface area contributed by atoms with E-state index in [1.54, 1.807) is 6.92 Å². The summed E-state index contributed by atoms with van der Waals surface area (Å²) in [6.45, 7) is 1.20. The third-order valence-electron chi connectivity index (χ3n) is 1.95. The number of phenolic OH excluding ortho intramolecular Hbond substituents is 1. The number of benzene rings is 1. The lowest BCUT2D eigenvalue weighted by atomic mass is 10.1. The zero-order valence-electron chi connectivity index (χ0n) is 7.98. The smallest absolute Gasteiger partial charge is 0.175 e. The normalized spacial score (nSPS) is 11.6. The van der Waals surface area contributed by atoms with E-state index in [0.717, 1.165) is 6.26 Å². The number of rotatable bonds is 2. The highest BCUT2D eigenvalue weighted by Gasteiger charge is 2.14. The van der Waals surface area contributed by atoms with Gasteiger partial charge in [-0.3, -0.25) is 0 Å². The van der Waals surface area contributed by atoms with E-state index in [4.69, 9.17) is 5.11 Å². The molecule has 1 aromatic carbocycles. The molecule has 1 rings (SSSR count). The minimum absolute atomic E-state index is 0.0125. The molecule has 14 heavy (non-hydrogen) atoms. The Bertz CT molecular complexity index is 448. The zero-order valence-corrected chi connectivity index (χ0v) is 8.80. The first kappa shape index (κ1) is 11.0. The lowest BCUT2D eigenvalue weighted by Gasteiger charge is -2.08. The van der Waals surface area contributed by atoms with E-state index >= 15 is 0 Å². The van der Waals surface area contributed by atoms with E-state index < -0.39 is 16.4 Å². The molecule has 0 aliphatic carbocycles. The van der Waals surface area contributed by atoms with Crippen molar-refractivity contribution in [2.24, 2.45) is 0 Å². The van der Waals surface area contributed by atoms with Crippen LogP contribution in [0.1, 0.15) is 11.1 Å². The second-order valence-corrected chi connectivity index (χ2v) is 5.16. The van der Waals surface area contributed by atoms with Gasteiger partial charge in [0, 0.05) is 6.26 Å². The van der Waals surface area contributed by atoms with E-state index in [1.165, 1.54) is 12.1 Å².